The van der Waals surface area contributed by atoms with E-state index in [0.29, 0.717) is 59.4 Å². The lowest BCUT2D eigenvalue weighted by Crippen LogP contribution is -2.78. The number of thioether (sulfide) groups is 1. The summed E-state index contributed by atoms with van der Waals surface area (Å²) in [6.45, 7) is 15.2. The molecule has 3 aliphatic carbocycles. The van der Waals surface area contributed by atoms with Crippen molar-refractivity contribution in [3.8, 4) is 23.0 Å². The summed E-state index contributed by atoms with van der Waals surface area (Å²) in [6, 6.07) is 13.7. The van der Waals surface area contributed by atoms with Crippen LogP contribution < -0.4 is 24.3 Å². The molecule has 1 spiro atoms. The highest BCUT2D eigenvalue weighted by atomic mass is 32.2. The van der Waals surface area contributed by atoms with Gasteiger partial charge in [-0.2, -0.15) is 0 Å². The van der Waals surface area contributed by atoms with Crippen LogP contribution in [0.5, 0.6) is 23.0 Å². The van der Waals surface area contributed by atoms with E-state index < -0.39 is 83.1 Å². The standard InChI is InChI=1S/C58H67NO14S/c1-29(2)13-12-24-56(8)25-23-36-48(72-56)35(21-16-30(3)4)50-42(49(36)71-54(66)33-17-19-34(20-18-33)69-55-47(63)46(62)45(61)40(28-60)70-55)44-43-51(74-41-15-11-10-14-39(41)59-44)37-27-38(31(5)6)58(43,73-50)57(67,52(37)64)26-22-32(7)53(65)68-9/h10-11,13-20,22-23,25,31,37-38,40,45-47,51,55,59-63,67H,12,21,24,26-28H2,1-9H3/b32-22-/t37?,38?,40-,45-,46+,47-,51?,55-,56?,57?,58?/m0/s1. The highest BCUT2D eigenvalue weighted by molar-refractivity contribution is 8.00. The first kappa shape index (κ1) is 53.1. The fourth-order valence-electron chi connectivity index (χ4n) is 11.4. The van der Waals surface area contributed by atoms with Crippen molar-refractivity contribution in [2.75, 3.05) is 19.0 Å². The first-order valence-corrected chi connectivity index (χ1v) is 26.2. The second kappa shape index (κ2) is 20.4. The van der Waals surface area contributed by atoms with Gasteiger partial charge in [0.1, 0.15) is 47.3 Å². The third-order valence-electron chi connectivity index (χ3n) is 15.4. The van der Waals surface area contributed by atoms with Gasteiger partial charge in [-0.15, -0.1) is 11.8 Å². The van der Waals surface area contributed by atoms with E-state index in [4.69, 9.17) is 28.4 Å². The van der Waals surface area contributed by atoms with Crippen LogP contribution in [-0.2, 0) is 25.5 Å². The van der Waals surface area contributed by atoms with Crippen molar-refractivity contribution >= 4 is 46.9 Å². The number of allylic oxidation sites excluding steroid dienone is 4. The predicted octanol–water partition coefficient (Wildman–Crippen LogP) is 8.05. The van der Waals surface area contributed by atoms with Gasteiger partial charge in [0, 0.05) is 45.1 Å². The molecule has 4 heterocycles. The summed E-state index contributed by atoms with van der Waals surface area (Å²) in [5.74, 6) is -2.03. The highest BCUT2D eigenvalue weighted by Gasteiger charge is 2.76. The van der Waals surface area contributed by atoms with Gasteiger partial charge in [0.15, 0.2) is 22.7 Å². The quantitative estimate of drug-likeness (QED) is 0.0389. The van der Waals surface area contributed by atoms with Crippen molar-refractivity contribution in [2.45, 2.75) is 145 Å². The molecule has 0 radical (unpaired) electrons. The van der Waals surface area contributed by atoms with E-state index >= 15 is 4.79 Å². The number of ketones is 1. The number of para-hydroxylation sites is 1. The minimum absolute atomic E-state index is 0.109. The van der Waals surface area contributed by atoms with Crippen molar-refractivity contribution in [2.24, 2.45) is 17.8 Å². The van der Waals surface area contributed by atoms with Crippen LogP contribution in [0, 0.1) is 17.8 Å². The summed E-state index contributed by atoms with van der Waals surface area (Å²) in [6.07, 6.45) is 3.97. The SMILES string of the molecule is COC(=O)/C(C)=C\CC1(O)C(=O)C2CC(C(C)C)C13Oc1c(CC=C(C)C)c4c(c(OC(=O)c5ccc(O[C@H]6O[C@@H](CO)[C@H](O)[C@@H](O)[C@@H]6O)cc5)c1C1=C3C2Sc2ccccc2N1)C=CC(C)(CCC=C(C)C)O4. The molecule has 3 aromatic carbocycles. The first-order chi connectivity index (χ1) is 35.2. The van der Waals surface area contributed by atoms with Crippen molar-refractivity contribution < 1.29 is 68.3 Å². The molecule has 4 fully saturated rings. The summed E-state index contributed by atoms with van der Waals surface area (Å²) in [7, 11) is 1.28. The molecule has 15 nitrogen and oxygen atoms in total. The Morgan fingerprint density at radius 2 is 1.65 bits per heavy atom. The summed E-state index contributed by atoms with van der Waals surface area (Å²) in [5, 5.41) is 58.0. The monoisotopic (exact) mass is 1030 g/mol. The number of carbonyl (C=O) groups excluding carboxylic acids is 3. The molecule has 4 aliphatic heterocycles. The number of rotatable bonds is 14. The third-order valence-corrected chi connectivity index (χ3v) is 16.8. The first-order valence-electron chi connectivity index (χ1n) is 25.3. The summed E-state index contributed by atoms with van der Waals surface area (Å²) in [5.41, 5.74) is 1.20. The number of benzene rings is 3. The predicted molar refractivity (Wildman–Crippen MR) is 279 cm³/mol. The molecule has 74 heavy (non-hydrogen) atoms. The highest BCUT2D eigenvalue weighted by Crippen LogP contribution is 2.69. The number of hydrogen-bond donors (Lipinski definition) is 6. The van der Waals surface area contributed by atoms with E-state index in [-0.39, 0.29) is 46.5 Å². The average molecular weight is 1030 g/mol. The Bertz CT molecular complexity index is 2890. The zero-order valence-electron chi connectivity index (χ0n) is 43.3. The molecule has 6 N–H and O–H groups in total. The molecule has 0 aromatic heterocycles. The van der Waals surface area contributed by atoms with Crippen LogP contribution in [0.2, 0.25) is 0 Å². The van der Waals surface area contributed by atoms with Gasteiger partial charge in [-0.1, -0.05) is 55.4 Å². The van der Waals surface area contributed by atoms with Gasteiger partial charge in [-0.25, -0.2) is 9.59 Å². The maximum absolute atomic E-state index is 15.4. The number of carbonyl (C=O) groups is 3. The molecule has 7 aliphatic rings. The summed E-state index contributed by atoms with van der Waals surface area (Å²) in [4.78, 5) is 44.1. The number of aliphatic hydroxyl groups excluding tert-OH is 4. The lowest BCUT2D eigenvalue weighted by Gasteiger charge is -2.64. The van der Waals surface area contributed by atoms with E-state index in [9.17, 15) is 35.1 Å². The van der Waals surface area contributed by atoms with Crippen LogP contribution >= 0.6 is 11.8 Å². The fourth-order valence-corrected chi connectivity index (χ4v) is 12.9. The second-order valence-corrected chi connectivity index (χ2v) is 22.5. The van der Waals surface area contributed by atoms with Gasteiger partial charge in [0.05, 0.1) is 41.8 Å². The number of hydrogen-bond acceptors (Lipinski definition) is 16. The number of fused-ring (bicyclic) bond motifs is 6. The number of esters is 2. The van der Waals surface area contributed by atoms with Crippen LogP contribution in [0.3, 0.4) is 0 Å². The molecule has 10 rings (SSSR count). The van der Waals surface area contributed by atoms with Crippen LogP contribution in [0.15, 0.2) is 100 Å². The van der Waals surface area contributed by atoms with Crippen molar-refractivity contribution in [3.05, 3.63) is 117 Å². The van der Waals surface area contributed by atoms with Crippen LogP contribution in [-0.4, -0.2) is 110 Å². The topological polar surface area (TPSA) is 220 Å². The molecule has 2 bridgehead atoms. The Morgan fingerprint density at radius 1 is 0.932 bits per heavy atom. The maximum Gasteiger partial charge on any atom is 0.343 e. The lowest BCUT2D eigenvalue weighted by molar-refractivity contribution is -0.277. The van der Waals surface area contributed by atoms with Gasteiger partial charge >= 0.3 is 11.9 Å². The molecule has 6 unspecified atom stereocenters. The molecule has 0 amide bonds. The van der Waals surface area contributed by atoms with Gasteiger partial charge in [0.25, 0.3) is 0 Å². The Morgan fingerprint density at radius 3 is 2.32 bits per heavy atom. The number of aliphatic hydroxyl groups is 5. The van der Waals surface area contributed by atoms with Gasteiger partial charge in [0.2, 0.25) is 6.29 Å². The Balaban J connectivity index is 1.27. The van der Waals surface area contributed by atoms with Crippen LogP contribution in [0.4, 0.5) is 5.69 Å². The molecule has 394 valence electrons. The Kier molecular flexibility index (Phi) is 14.7. The number of methoxy groups -OCH3 is 1. The zero-order valence-corrected chi connectivity index (χ0v) is 44.1. The summed E-state index contributed by atoms with van der Waals surface area (Å²) < 4.78 is 38.2. The van der Waals surface area contributed by atoms with E-state index in [1.54, 1.807) is 13.0 Å². The number of nitrogens with one attached hydrogen (secondary N) is 1. The molecule has 16 heteroatoms. The number of Topliss-reactive ketones (excluding diaryl/α,β-unsaturated/α-hetero) is 1. The molecule has 11 atom stereocenters. The van der Waals surface area contributed by atoms with Gasteiger partial charge in [-0.05, 0) is 122 Å². The number of anilines is 1. The average Bonchev–Trinajstić information content (AvgIpc) is 3.55. The lowest BCUT2D eigenvalue weighted by atomic mass is 9.47. The van der Waals surface area contributed by atoms with Crippen LogP contribution in [0.25, 0.3) is 11.8 Å². The molecule has 1 saturated heterocycles. The number of ether oxygens (including phenoxy) is 6. The van der Waals surface area contributed by atoms with E-state index in [0.717, 1.165) is 16.2 Å². The van der Waals surface area contributed by atoms with Crippen molar-refractivity contribution in [1.82, 2.24) is 0 Å². The minimum Gasteiger partial charge on any atom is -0.482 e. The largest absolute Gasteiger partial charge is 0.482 e. The van der Waals surface area contributed by atoms with Crippen LogP contribution in [0.1, 0.15) is 108 Å². The van der Waals surface area contributed by atoms with E-state index in [1.165, 1.54) is 48.7 Å². The minimum atomic E-state index is -2.20. The van der Waals surface area contributed by atoms with Gasteiger partial charge in [-0.3, -0.25) is 4.79 Å². The van der Waals surface area contributed by atoms with E-state index in [1.807, 2.05) is 71.0 Å². The van der Waals surface area contributed by atoms with Crippen molar-refractivity contribution in [1.29, 1.82) is 0 Å². The molecule has 3 aromatic rings. The normalized spacial score (nSPS) is 30.3. The maximum atomic E-state index is 15.4. The van der Waals surface area contributed by atoms with E-state index in [2.05, 4.69) is 31.3 Å². The second-order valence-electron chi connectivity index (χ2n) is 21.3. The van der Waals surface area contributed by atoms with Gasteiger partial charge < -0.3 is 59.3 Å². The Hall–Kier alpha value is -5.72. The smallest absolute Gasteiger partial charge is 0.343 e. The fraction of sp³-hybridized carbons (Fsp3) is 0.466. The van der Waals surface area contributed by atoms with Crippen molar-refractivity contribution in [3.63, 3.8) is 0 Å². The summed E-state index contributed by atoms with van der Waals surface area (Å²) >= 11 is 1.53. The zero-order chi connectivity index (χ0) is 53.2. The molecule has 3 saturated carbocycles. The Labute approximate surface area is 435 Å². The molecular formula is C58H67NO14S. The third kappa shape index (κ3) is 9.09. The molecular weight excluding hydrogens is 967 g/mol.